The summed E-state index contributed by atoms with van der Waals surface area (Å²) in [5.74, 6) is -0.787. The number of alkyl halides is 3. The smallest absolute Gasteiger partial charge is 0.443 e. The van der Waals surface area contributed by atoms with E-state index >= 15 is 0 Å². The molecule has 0 unspecified atom stereocenters. The van der Waals surface area contributed by atoms with Crippen molar-refractivity contribution in [2.75, 3.05) is 11.1 Å². The molecule has 3 amide bonds. The van der Waals surface area contributed by atoms with Gasteiger partial charge in [-0.1, -0.05) is 58.8 Å². The number of nitrogens with two attached hydrogens (primary N) is 3. The van der Waals surface area contributed by atoms with Crippen molar-refractivity contribution in [3.05, 3.63) is 111 Å². The predicted octanol–water partition coefficient (Wildman–Crippen LogP) is 8.37. The highest BCUT2D eigenvalue weighted by Crippen LogP contribution is 2.34. The lowest BCUT2D eigenvalue weighted by atomic mass is 10.1. The lowest BCUT2D eigenvalue weighted by Gasteiger charge is -2.28. The Hall–Kier alpha value is -8.38. The third kappa shape index (κ3) is 21.3. The Morgan fingerprint density at radius 1 is 0.720 bits per heavy atom. The van der Waals surface area contributed by atoms with Crippen molar-refractivity contribution in [1.29, 1.82) is 0 Å². The number of hydrogen-bond donors (Lipinski definition) is 5. The predicted molar refractivity (Wildman–Crippen MR) is 272 cm³/mol. The van der Waals surface area contributed by atoms with Gasteiger partial charge in [-0.15, -0.1) is 0 Å². The number of oxime groups is 2. The number of amides is 3. The molecule has 0 spiro atoms. The van der Waals surface area contributed by atoms with E-state index in [4.69, 9.17) is 36.1 Å². The van der Waals surface area contributed by atoms with Gasteiger partial charge in [-0.2, -0.15) is 13.2 Å². The quantitative estimate of drug-likeness (QED) is 0.0142. The number of ether oxygens (including phenoxy) is 4. The van der Waals surface area contributed by atoms with Crippen LogP contribution < -0.4 is 33.4 Å². The maximum atomic E-state index is 13.5. The van der Waals surface area contributed by atoms with Gasteiger partial charge in [-0.25, -0.2) is 29.1 Å². The molecule has 8 N–H and O–H groups in total. The van der Waals surface area contributed by atoms with Gasteiger partial charge in [0.15, 0.2) is 17.5 Å². The van der Waals surface area contributed by atoms with Crippen LogP contribution in [0.4, 0.5) is 43.9 Å². The molecule has 1 aromatic heterocycles. The topological polar surface area (TPSA) is 306 Å². The number of imide groups is 1. The first-order valence-corrected chi connectivity index (χ1v) is 23.2. The summed E-state index contributed by atoms with van der Waals surface area (Å²) in [7, 11) is 0. The average Bonchev–Trinajstić information content (AvgIpc) is 3.28. The maximum absolute atomic E-state index is 13.5. The summed E-state index contributed by atoms with van der Waals surface area (Å²) in [6, 6.07) is 15.7. The molecule has 0 aliphatic carbocycles. The molecule has 75 heavy (non-hydrogen) atoms. The second-order valence-corrected chi connectivity index (χ2v) is 19.2. The van der Waals surface area contributed by atoms with Crippen LogP contribution in [-0.2, 0) is 59.2 Å². The molecule has 0 radical (unpaired) electrons. The zero-order valence-corrected chi connectivity index (χ0v) is 43.8. The minimum Gasteiger partial charge on any atom is -0.443 e. The molecule has 0 fully saturated rings. The van der Waals surface area contributed by atoms with E-state index in [2.05, 4.69) is 35.6 Å². The zero-order valence-electron chi connectivity index (χ0n) is 43.8. The summed E-state index contributed by atoms with van der Waals surface area (Å²) >= 11 is 0. The number of nitrogens with zero attached hydrogens (tertiary/aromatic N) is 5. The van der Waals surface area contributed by atoms with E-state index in [-0.39, 0.29) is 65.8 Å². The van der Waals surface area contributed by atoms with E-state index in [0.29, 0.717) is 22.3 Å². The van der Waals surface area contributed by atoms with Crippen molar-refractivity contribution in [3.8, 4) is 11.3 Å². The molecule has 0 bridgehead atoms. The summed E-state index contributed by atoms with van der Waals surface area (Å²) < 4.78 is 61.7. The van der Waals surface area contributed by atoms with Crippen LogP contribution >= 0.6 is 0 Å². The second kappa shape index (κ2) is 26.5. The van der Waals surface area contributed by atoms with Crippen LogP contribution in [0.3, 0.4) is 0 Å². The number of rotatable bonds is 15. The number of aromatic nitrogens is 2. The Bertz CT molecular complexity index is 2720. The third-order valence-corrected chi connectivity index (χ3v) is 9.02. The number of benzene rings is 3. The lowest BCUT2D eigenvalue weighted by Crippen LogP contribution is -2.43. The van der Waals surface area contributed by atoms with E-state index in [0.717, 1.165) is 21.6 Å². The van der Waals surface area contributed by atoms with Gasteiger partial charge in [0.05, 0.1) is 36.2 Å². The van der Waals surface area contributed by atoms with E-state index < -0.39 is 65.5 Å². The normalized spacial score (nSPS) is 12.0. The van der Waals surface area contributed by atoms with Crippen LogP contribution in [0.2, 0.25) is 0 Å². The number of nitrogens with one attached hydrogen (secondary N) is 2. The van der Waals surface area contributed by atoms with Gasteiger partial charge in [0.2, 0.25) is 5.91 Å². The van der Waals surface area contributed by atoms with Crippen molar-refractivity contribution in [3.63, 3.8) is 0 Å². The molecule has 0 aliphatic rings. The van der Waals surface area contributed by atoms with Crippen molar-refractivity contribution in [2.24, 2.45) is 21.8 Å². The Morgan fingerprint density at radius 3 is 1.61 bits per heavy atom. The minimum atomic E-state index is -4.68. The van der Waals surface area contributed by atoms with Gasteiger partial charge in [0.25, 0.3) is 5.56 Å². The molecule has 4 rings (SSSR count). The fraction of sp³-hybridized carbons (Fsp3) is 0.420. The Kier molecular flexibility index (Phi) is 21.6. The molecule has 0 aliphatic heterocycles. The maximum Gasteiger partial charge on any atom is 0.535 e. The molecule has 0 saturated heterocycles. The highest BCUT2D eigenvalue weighted by molar-refractivity contribution is 5.98. The Morgan fingerprint density at radius 2 is 1.19 bits per heavy atom. The van der Waals surface area contributed by atoms with Crippen molar-refractivity contribution < 1.29 is 65.8 Å². The fourth-order valence-electron chi connectivity index (χ4n) is 5.91. The molecule has 1 heterocycles. The molecule has 22 nitrogen and oxygen atoms in total. The molecule has 25 heteroatoms. The third-order valence-electron chi connectivity index (χ3n) is 9.02. The van der Waals surface area contributed by atoms with Gasteiger partial charge in [-0.3, -0.25) is 23.8 Å². The standard InChI is InChI=1S/C28H32F3N7O5.C22H33N3O7/c1-15(2)36-25-26(40)38(22(13-35-25)19-9-20(28(29,30)31)11-21(32)10-19)14-23(39)34-12-17-5-7-18(8-6-17)24(33)37-43-27(41)42-16(3)4;1-14(2)29-20(28)32-24-17(23)16-11-9-15(10-12-16)13-25(18(26)30-21(3,4)5)19(27)31-22(6,7)8/h5-11,13,15-16H,12,14,32H2,1-4H3,(H2,33,37)(H,34,39)(H,35,36);9-12,14H,13H2,1-8H3,(H2,23,24). The molecule has 3 aromatic carbocycles. The molecular weight excluding hydrogens is 990 g/mol. The van der Waals surface area contributed by atoms with Crippen molar-refractivity contribution in [2.45, 2.75) is 138 Å². The van der Waals surface area contributed by atoms with E-state index in [1.807, 2.05) is 0 Å². The molecular formula is C50H65F3N10O12. The summed E-state index contributed by atoms with van der Waals surface area (Å²) in [6.45, 7) is 19.9. The second-order valence-electron chi connectivity index (χ2n) is 19.2. The lowest BCUT2D eigenvalue weighted by molar-refractivity contribution is -0.137. The zero-order chi connectivity index (χ0) is 56.6. The number of halogens is 3. The van der Waals surface area contributed by atoms with E-state index in [9.17, 15) is 41.9 Å². The number of amidine groups is 2. The van der Waals surface area contributed by atoms with Crippen LogP contribution in [0.5, 0.6) is 0 Å². The largest absolute Gasteiger partial charge is 0.535 e. The number of carbonyl (C=O) groups is 5. The summed E-state index contributed by atoms with van der Waals surface area (Å²) in [4.78, 5) is 88.4. The highest BCUT2D eigenvalue weighted by Gasteiger charge is 2.33. The van der Waals surface area contributed by atoms with Crippen LogP contribution in [0, 0.1) is 0 Å². The monoisotopic (exact) mass is 1050 g/mol. The first-order chi connectivity index (χ1) is 34.7. The first kappa shape index (κ1) is 60.9. The van der Waals surface area contributed by atoms with Gasteiger partial charge < -0.3 is 46.8 Å². The molecule has 0 saturated carbocycles. The van der Waals surface area contributed by atoms with E-state index in [1.54, 1.807) is 132 Å². The Labute approximate surface area is 431 Å². The summed E-state index contributed by atoms with van der Waals surface area (Å²) in [6.07, 6.45) is -7.83. The van der Waals surface area contributed by atoms with Gasteiger partial charge >= 0.3 is 30.7 Å². The van der Waals surface area contributed by atoms with Crippen molar-refractivity contribution in [1.82, 2.24) is 19.8 Å². The average molecular weight is 1060 g/mol. The minimum absolute atomic E-state index is 0.0223. The van der Waals surface area contributed by atoms with E-state index in [1.165, 1.54) is 12.3 Å². The van der Waals surface area contributed by atoms with Crippen LogP contribution in [0.25, 0.3) is 11.3 Å². The number of anilines is 2. The molecule has 0 atom stereocenters. The summed E-state index contributed by atoms with van der Waals surface area (Å²) in [5, 5.41) is 12.6. The molecule has 4 aromatic rings. The number of hydrogen-bond acceptors (Lipinski definition) is 17. The SMILES string of the molecule is CC(C)Nc1ncc(-c2cc(N)cc(C(F)(F)F)c2)n(CC(=O)NCc2ccc(/C(N)=N/OC(=O)OC(C)C)cc2)c1=O.CC(C)OC(=O)O/N=C(/N)c1ccc(CN(C(=O)OC(C)(C)C)C(=O)OC(C)(C)C)cc1. The van der Waals surface area contributed by atoms with Gasteiger partial charge in [0.1, 0.15) is 17.7 Å². The summed E-state index contributed by atoms with van der Waals surface area (Å²) in [5.41, 5.74) is 16.0. The molecule has 408 valence electrons. The number of carbonyl (C=O) groups excluding carboxylic acids is 5. The first-order valence-electron chi connectivity index (χ1n) is 23.2. The van der Waals surface area contributed by atoms with Crippen LogP contribution in [0.1, 0.15) is 111 Å². The highest BCUT2D eigenvalue weighted by atomic mass is 19.4. The Balaban J connectivity index is 0.000000414. The fourth-order valence-corrected chi connectivity index (χ4v) is 5.91. The number of nitrogen functional groups attached to an aromatic ring is 1. The van der Waals surface area contributed by atoms with Crippen molar-refractivity contribution >= 4 is 53.6 Å². The van der Waals surface area contributed by atoms with Gasteiger partial charge in [-0.05, 0) is 112 Å². The van der Waals surface area contributed by atoms with Crippen LogP contribution in [-0.4, -0.2) is 86.0 Å². The van der Waals surface area contributed by atoms with Crippen LogP contribution in [0.15, 0.2) is 88.0 Å². The van der Waals surface area contributed by atoms with Gasteiger partial charge in [0, 0.05) is 35.0 Å².